The number of nitrogens with one attached hydrogen (secondary N) is 2. The fraction of sp³-hybridized carbons (Fsp3) is 0.632. The fourth-order valence-electron chi connectivity index (χ4n) is 3.64. The van der Waals surface area contributed by atoms with E-state index in [9.17, 15) is 13.2 Å². The number of ether oxygens (including phenoxy) is 1. The van der Waals surface area contributed by atoms with E-state index in [1.807, 2.05) is 0 Å². The maximum Gasteiger partial charge on any atom is 0.315 e. The number of carbonyl (C=O) groups is 1. The second kappa shape index (κ2) is 9.03. The molecule has 0 unspecified atom stereocenters. The van der Waals surface area contributed by atoms with Gasteiger partial charge in [-0.1, -0.05) is 25.1 Å². The van der Waals surface area contributed by atoms with E-state index in [0.29, 0.717) is 31.9 Å². The summed E-state index contributed by atoms with van der Waals surface area (Å²) in [7, 11) is -3.59. The second-order valence-electron chi connectivity index (χ2n) is 7.41. The van der Waals surface area contributed by atoms with E-state index in [1.54, 1.807) is 24.3 Å². The van der Waals surface area contributed by atoms with Crippen molar-refractivity contribution in [3.8, 4) is 0 Å². The first-order chi connectivity index (χ1) is 13.0. The van der Waals surface area contributed by atoms with Gasteiger partial charge in [-0.05, 0) is 43.2 Å². The molecule has 1 aromatic rings. The number of sulfonamides is 1. The van der Waals surface area contributed by atoms with Crippen LogP contribution in [0.1, 0.15) is 38.2 Å². The SMILES string of the molecule is CC1CCC(NC(=O)NCc2ccccc2S(=O)(=O)N2CCOCC2)CC1. The van der Waals surface area contributed by atoms with Crippen LogP contribution in [0.4, 0.5) is 4.79 Å². The van der Waals surface area contributed by atoms with E-state index >= 15 is 0 Å². The largest absolute Gasteiger partial charge is 0.379 e. The molecule has 2 amide bonds. The standard InChI is InChI=1S/C19H29N3O4S/c1-15-6-8-17(9-7-15)21-19(23)20-14-16-4-2-3-5-18(16)27(24,25)22-10-12-26-13-11-22/h2-5,15,17H,6-14H2,1H3,(H2,20,21,23). The summed E-state index contributed by atoms with van der Waals surface area (Å²) in [6.45, 7) is 3.93. The molecule has 2 N–H and O–H groups in total. The van der Waals surface area contributed by atoms with E-state index in [-0.39, 0.29) is 23.5 Å². The maximum absolute atomic E-state index is 12.9. The third-order valence-corrected chi connectivity index (χ3v) is 7.35. The van der Waals surface area contributed by atoms with Crippen molar-refractivity contribution < 1.29 is 17.9 Å². The average Bonchev–Trinajstić information content (AvgIpc) is 2.69. The molecule has 2 aliphatic rings. The zero-order valence-electron chi connectivity index (χ0n) is 15.8. The average molecular weight is 396 g/mol. The highest BCUT2D eigenvalue weighted by molar-refractivity contribution is 7.89. The van der Waals surface area contributed by atoms with Gasteiger partial charge in [0.1, 0.15) is 0 Å². The Kier molecular flexibility index (Phi) is 6.73. The third-order valence-electron chi connectivity index (χ3n) is 5.35. The van der Waals surface area contributed by atoms with Gasteiger partial charge >= 0.3 is 6.03 Å². The predicted octanol–water partition coefficient (Wildman–Crippen LogP) is 2.09. The van der Waals surface area contributed by atoms with Crippen LogP contribution < -0.4 is 10.6 Å². The molecule has 1 aliphatic carbocycles. The van der Waals surface area contributed by atoms with E-state index in [1.165, 1.54) is 4.31 Å². The number of amides is 2. The number of hydrogen-bond donors (Lipinski definition) is 2. The Hall–Kier alpha value is -1.64. The summed E-state index contributed by atoms with van der Waals surface area (Å²) in [4.78, 5) is 12.5. The van der Waals surface area contributed by atoms with Crippen molar-refractivity contribution in [2.45, 2.75) is 50.1 Å². The van der Waals surface area contributed by atoms with Gasteiger partial charge in [-0.3, -0.25) is 0 Å². The summed E-state index contributed by atoms with van der Waals surface area (Å²) in [5.41, 5.74) is 0.594. The predicted molar refractivity (Wildman–Crippen MR) is 103 cm³/mol. The molecule has 150 valence electrons. The minimum atomic E-state index is -3.59. The minimum Gasteiger partial charge on any atom is -0.379 e. The Morgan fingerprint density at radius 2 is 1.81 bits per heavy atom. The van der Waals surface area contributed by atoms with Gasteiger partial charge in [0.2, 0.25) is 10.0 Å². The Bertz CT molecular complexity index is 739. The minimum absolute atomic E-state index is 0.175. The topological polar surface area (TPSA) is 87.7 Å². The van der Waals surface area contributed by atoms with Crippen LogP contribution in [0.25, 0.3) is 0 Å². The lowest BCUT2D eigenvalue weighted by atomic mass is 9.87. The number of rotatable bonds is 5. The van der Waals surface area contributed by atoms with Crippen LogP contribution in [0.2, 0.25) is 0 Å². The van der Waals surface area contributed by atoms with Gasteiger partial charge in [0.25, 0.3) is 0 Å². The van der Waals surface area contributed by atoms with Crippen LogP contribution in [0, 0.1) is 5.92 Å². The lowest BCUT2D eigenvalue weighted by Gasteiger charge is -2.27. The maximum atomic E-state index is 12.9. The molecule has 1 aliphatic heterocycles. The van der Waals surface area contributed by atoms with Crippen LogP contribution in [-0.4, -0.2) is 51.1 Å². The zero-order valence-corrected chi connectivity index (χ0v) is 16.6. The van der Waals surface area contributed by atoms with E-state index in [0.717, 1.165) is 31.6 Å². The zero-order chi connectivity index (χ0) is 19.3. The summed E-state index contributed by atoms with van der Waals surface area (Å²) in [6, 6.07) is 6.80. The van der Waals surface area contributed by atoms with Gasteiger partial charge in [-0.2, -0.15) is 4.31 Å². The van der Waals surface area contributed by atoms with Crippen molar-refractivity contribution in [3.05, 3.63) is 29.8 Å². The molecular weight excluding hydrogens is 366 g/mol. The number of urea groups is 1. The highest BCUT2D eigenvalue weighted by atomic mass is 32.2. The van der Waals surface area contributed by atoms with E-state index in [2.05, 4.69) is 17.6 Å². The molecule has 0 bridgehead atoms. The van der Waals surface area contributed by atoms with Gasteiger partial charge in [0.05, 0.1) is 18.1 Å². The fourth-order valence-corrected chi connectivity index (χ4v) is 5.27. The molecule has 8 heteroatoms. The van der Waals surface area contributed by atoms with Gasteiger partial charge in [-0.15, -0.1) is 0 Å². The third kappa shape index (κ3) is 5.21. The first-order valence-electron chi connectivity index (χ1n) is 9.67. The van der Waals surface area contributed by atoms with Crippen molar-refractivity contribution in [2.24, 2.45) is 5.92 Å². The van der Waals surface area contributed by atoms with Crippen LogP contribution in [0.3, 0.4) is 0 Å². The molecule has 1 heterocycles. The monoisotopic (exact) mass is 395 g/mol. The molecule has 1 saturated heterocycles. The summed E-state index contributed by atoms with van der Waals surface area (Å²) in [5, 5.41) is 5.82. The number of morpholine rings is 1. The Morgan fingerprint density at radius 1 is 1.15 bits per heavy atom. The van der Waals surface area contributed by atoms with Crippen molar-refractivity contribution in [3.63, 3.8) is 0 Å². The molecule has 0 aromatic heterocycles. The van der Waals surface area contributed by atoms with E-state index in [4.69, 9.17) is 4.74 Å². The quantitative estimate of drug-likeness (QED) is 0.799. The van der Waals surface area contributed by atoms with Gasteiger partial charge in [-0.25, -0.2) is 13.2 Å². The van der Waals surface area contributed by atoms with Crippen LogP contribution in [-0.2, 0) is 21.3 Å². The van der Waals surface area contributed by atoms with E-state index < -0.39 is 10.0 Å². The van der Waals surface area contributed by atoms with Crippen LogP contribution in [0.5, 0.6) is 0 Å². The second-order valence-corrected chi connectivity index (χ2v) is 9.31. The molecule has 7 nitrogen and oxygen atoms in total. The highest BCUT2D eigenvalue weighted by Crippen LogP contribution is 2.23. The van der Waals surface area contributed by atoms with Crippen molar-refractivity contribution in [1.29, 1.82) is 0 Å². The lowest BCUT2D eigenvalue weighted by molar-refractivity contribution is 0.0730. The first-order valence-corrected chi connectivity index (χ1v) is 11.1. The summed E-state index contributed by atoms with van der Waals surface area (Å²) >= 11 is 0. The highest BCUT2D eigenvalue weighted by Gasteiger charge is 2.28. The smallest absolute Gasteiger partial charge is 0.315 e. The van der Waals surface area contributed by atoms with Gasteiger partial charge in [0, 0.05) is 25.7 Å². The number of hydrogen-bond acceptors (Lipinski definition) is 4. The molecule has 0 spiro atoms. The molecule has 27 heavy (non-hydrogen) atoms. The Labute approximate surface area is 161 Å². The Balaban J connectivity index is 1.61. The van der Waals surface area contributed by atoms with Gasteiger partial charge in [0.15, 0.2) is 0 Å². The molecule has 3 rings (SSSR count). The molecule has 0 atom stereocenters. The van der Waals surface area contributed by atoms with Crippen LogP contribution in [0.15, 0.2) is 29.2 Å². The summed E-state index contributed by atoms with van der Waals surface area (Å²) in [5.74, 6) is 0.725. The van der Waals surface area contributed by atoms with Crippen LogP contribution >= 0.6 is 0 Å². The normalized spacial score (nSPS) is 24.3. The number of carbonyl (C=O) groups excluding carboxylic acids is 1. The number of benzene rings is 1. The lowest BCUT2D eigenvalue weighted by Crippen LogP contribution is -2.43. The van der Waals surface area contributed by atoms with Crippen molar-refractivity contribution in [1.82, 2.24) is 14.9 Å². The summed E-state index contributed by atoms with van der Waals surface area (Å²) in [6.07, 6.45) is 4.25. The number of nitrogens with zero attached hydrogens (tertiary/aromatic N) is 1. The molecule has 1 saturated carbocycles. The van der Waals surface area contributed by atoms with Crippen molar-refractivity contribution >= 4 is 16.1 Å². The molecular formula is C19H29N3O4S. The molecule has 2 fully saturated rings. The molecule has 0 radical (unpaired) electrons. The summed E-state index contributed by atoms with van der Waals surface area (Å²) < 4.78 is 32.6. The Morgan fingerprint density at radius 3 is 2.52 bits per heavy atom. The first kappa shape index (κ1) is 20.1. The molecule has 1 aromatic carbocycles. The van der Waals surface area contributed by atoms with Gasteiger partial charge < -0.3 is 15.4 Å². The van der Waals surface area contributed by atoms with Crippen molar-refractivity contribution in [2.75, 3.05) is 26.3 Å².